The van der Waals surface area contributed by atoms with Gasteiger partial charge in [0.25, 0.3) is 17.6 Å². The van der Waals surface area contributed by atoms with Gasteiger partial charge in [0, 0.05) is 12.1 Å². The quantitative estimate of drug-likeness (QED) is 0.127. The fourth-order valence-electron chi connectivity index (χ4n) is 4.55. The second kappa shape index (κ2) is 11.3. The lowest BCUT2D eigenvalue weighted by molar-refractivity contribution is -0.154. The number of esters is 1. The van der Waals surface area contributed by atoms with Crippen molar-refractivity contribution in [1.29, 1.82) is 0 Å². The molecule has 12 heteroatoms. The monoisotopic (exact) mass is 595 g/mol. The van der Waals surface area contributed by atoms with Crippen LogP contribution in [0.25, 0.3) is 11.0 Å². The number of benzene rings is 3. The highest BCUT2D eigenvalue weighted by Crippen LogP contribution is 2.40. The van der Waals surface area contributed by atoms with E-state index < -0.39 is 46.5 Å². The molecule has 43 heavy (non-hydrogen) atoms. The van der Waals surface area contributed by atoms with Gasteiger partial charge >= 0.3 is 12.1 Å². The molecule has 0 aliphatic carbocycles. The molecule has 0 saturated heterocycles. The molecule has 0 bridgehead atoms. The van der Waals surface area contributed by atoms with Crippen LogP contribution in [0.15, 0.2) is 69.9 Å². The summed E-state index contributed by atoms with van der Waals surface area (Å²) in [6, 6.07) is 12.8. The van der Waals surface area contributed by atoms with Crippen molar-refractivity contribution in [1.82, 2.24) is 4.90 Å². The lowest BCUT2D eigenvalue weighted by Gasteiger charge is -2.20. The van der Waals surface area contributed by atoms with Crippen LogP contribution < -0.4 is 19.6 Å². The standard InChI is InChI=1S/C31H24F3NO8/c1-4-16(3)35-28(37)19-12-10-17(14-21(19)29(35)38)30(39)41-18-11-13-20-24(15-18)43-27(31(32,33)34)26(25(20)36)42-23-9-7-6-8-22(23)40-5-2/h6-16H,4-5H2,1-3H3. The Hall–Kier alpha value is -5.13. The molecule has 2 amide bonds. The Balaban J connectivity index is 1.47. The number of imide groups is 1. The van der Waals surface area contributed by atoms with E-state index >= 15 is 0 Å². The van der Waals surface area contributed by atoms with E-state index in [1.54, 1.807) is 19.9 Å². The van der Waals surface area contributed by atoms with Crippen LogP contribution in [0, 0.1) is 0 Å². The number of ether oxygens (including phenoxy) is 3. The molecule has 222 valence electrons. The van der Waals surface area contributed by atoms with Crippen molar-refractivity contribution >= 4 is 28.8 Å². The number of carbonyl (C=O) groups is 3. The Morgan fingerprint density at radius 1 is 0.930 bits per heavy atom. The minimum absolute atomic E-state index is 0.0394. The summed E-state index contributed by atoms with van der Waals surface area (Å²) in [7, 11) is 0. The lowest BCUT2D eigenvalue weighted by atomic mass is 10.1. The summed E-state index contributed by atoms with van der Waals surface area (Å²) in [6.07, 6.45) is -4.57. The fraction of sp³-hybridized carbons (Fsp3) is 0.226. The van der Waals surface area contributed by atoms with Crippen LogP contribution in [0.2, 0.25) is 0 Å². The zero-order valence-corrected chi connectivity index (χ0v) is 23.1. The van der Waals surface area contributed by atoms with Gasteiger partial charge in [-0.2, -0.15) is 13.2 Å². The number of halogens is 3. The smallest absolute Gasteiger partial charge is 0.453 e. The van der Waals surface area contributed by atoms with Crippen LogP contribution in [0.1, 0.15) is 64.0 Å². The van der Waals surface area contributed by atoms with Gasteiger partial charge in [0.05, 0.1) is 28.7 Å². The Morgan fingerprint density at radius 3 is 2.30 bits per heavy atom. The van der Waals surface area contributed by atoms with Gasteiger partial charge in [-0.15, -0.1) is 0 Å². The fourth-order valence-corrected chi connectivity index (χ4v) is 4.55. The highest BCUT2D eigenvalue weighted by molar-refractivity contribution is 6.22. The van der Waals surface area contributed by atoms with Crippen molar-refractivity contribution in [3.8, 4) is 23.0 Å². The summed E-state index contributed by atoms with van der Waals surface area (Å²) in [5, 5.41) is -0.261. The number of para-hydroxylation sites is 2. The molecule has 2 heterocycles. The van der Waals surface area contributed by atoms with Gasteiger partial charge in [-0.05, 0) is 62.7 Å². The van der Waals surface area contributed by atoms with Crippen LogP contribution in [0.5, 0.6) is 23.0 Å². The van der Waals surface area contributed by atoms with Gasteiger partial charge in [0.15, 0.2) is 11.5 Å². The third kappa shape index (κ3) is 5.43. The normalized spacial score (nSPS) is 13.7. The molecule has 1 aromatic heterocycles. The molecule has 4 aromatic rings. The molecule has 3 aromatic carbocycles. The maximum absolute atomic E-state index is 14.0. The summed E-state index contributed by atoms with van der Waals surface area (Å²) in [5.41, 5.74) is -1.49. The molecular formula is C31H24F3NO8. The van der Waals surface area contributed by atoms with Crippen LogP contribution in [0.4, 0.5) is 13.2 Å². The summed E-state index contributed by atoms with van der Waals surface area (Å²) in [5.74, 6) is -4.95. The zero-order valence-electron chi connectivity index (χ0n) is 23.1. The molecule has 0 spiro atoms. The molecular weight excluding hydrogens is 571 g/mol. The molecule has 1 aliphatic rings. The van der Waals surface area contributed by atoms with E-state index in [0.717, 1.165) is 17.0 Å². The minimum Gasteiger partial charge on any atom is -0.490 e. The van der Waals surface area contributed by atoms with Gasteiger partial charge in [-0.1, -0.05) is 19.1 Å². The molecule has 1 aliphatic heterocycles. The number of fused-ring (bicyclic) bond motifs is 2. The third-order valence-electron chi connectivity index (χ3n) is 6.84. The molecule has 0 fully saturated rings. The van der Waals surface area contributed by atoms with Crippen LogP contribution in [-0.2, 0) is 6.18 Å². The Bertz CT molecular complexity index is 1830. The van der Waals surface area contributed by atoms with Gasteiger partial charge in [-0.3, -0.25) is 19.3 Å². The van der Waals surface area contributed by atoms with E-state index in [0.29, 0.717) is 6.42 Å². The number of rotatable bonds is 8. The van der Waals surface area contributed by atoms with Gasteiger partial charge in [0.2, 0.25) is 11.2 Å². The van der Waals surface area contributed by atoms with Crippen molar-refractivity contribution < 1.29 is 46.2 Å². The van der Waals surface area contributed by atoms with Crippen molar-refractivity contribution in [2.75, 3.05) is 6.61 Å². The largest absolute Gasteiger partial charge is 0.490 e. The van der Waals surface area contributed by atoms with Crippen molar-refractivity contribution in [2.24, 2.45) is 0 Å². The molecule has 5 rings (SSSR count). The zero-order chi connectivity index (χ0) is 31.1. The topological polar surface area (TPSA) is 112 Å². The number of nitrogens with zero attached hydrogens (tertiary/aromatic N) is 1. The Kier molecular flexibility index (Phi) is 7.70. The first kappa shape index (κ1) is 29.4. The summed E-state index contributed by atoms with van der Waals surface area (Å²) in [4.78, 5) is 52.7. The number of alkyl halides is 3. The van der Waals surface area contributed by atoms with E-state index in [4.69, 9.17) is 18.6 Å². The van der Waals surface area contributed by atoms with Crippen molar-refractivity contribution in [2.45, 2.75) is 39.4 Å². The maximum Gasteiger partial charge on any atom is 0.453 e. The molecule has 9 nitrogen and oxygen atoms in total. The predicted molar refractivity (Wildman–Crippen MR) is 147 cm³/mol. The second-order valence-corrected chi connectivity index (χ2v) is 9.61. The second-order valence-electron chi connectivity index (χ2n) is 9.61. The third-order valence-corrected chi connectivity index (χ3v) is 6.84. The predicted octanol–water partition coefficient (Wildman–Crippen LogP) is 6.62. The lowest BCUT2D eigenvalue weighted by Crippen LogP contribution is -2.37. The summed E-state index contributed by atoms with van der Waals surface area (Å²) in [6.45, 7) is 5.44. The van der Waals surface area contributed by atoms with E-state index in [2.05, 4.69) is 0 Å². The average molecular weight is 596 g/mol. The first-order chi connectivity index (χ1) is 20.4. The van der Waals surface area contributed by atoms with E-state index in [-0.39, 0.29) is 52.0 Å². The highest BCUT2D eigenvalue weighted by Gasteiger charge is 2.41. The number of carbonyl (C=O) groups excluding carboxylic acids is 3. The van der Waals surface area contributed by atoms with E-state index in [1.165, 1.54) is 42.5 Å². The van der Waals surface area contributed by atoms with E-state index in [9.17, 15) is 32.3 Å². The highest BCUT2D eigenvalue weighted by atomic mass is 19.4. The first-order valence-corrected chi connectivity index (χ1v) is 13.3. The maximum atomic E-state index is 14.0. The number of amides is 2. The van der Waals surface area contributed by atoms with Crippen molar-refractivity contribution in [3.63, 3.8) is 0 Å². The number of hydrogen-bond acceptors (Lipinski definition) is 8. The minimum atomic E-state index is -5.12. The number of hydrogen-bond donors (Lipinski definition) is 0. The molecule has 0 N–H and O–H groups in total. The van der Waals surface area contributed by atoms with Crippen LogP contribution in [0.3, 0.4) is 0 Å². The van der Waals surface area contributed by atoms with Gasteiger partial charge < -0.3 is 18.6 Å². The molecule has 1 unspecified atom stereocenters. The van der Waals surface area contributed by atoms with E-state index in [1.807, 2.05) is 6.92 Å². The average Bonchev–Trinajstić information content (AvgIpc) is 3.23. The van der Waals surface area contributed by atoms with Gasteiger partial charge in [0.1, 0.15) is 11.3 Å². The van der Waals surface area contributed by atoms with Crippen LogP contribution >= 0.6 is 0 Å². The summed E-state index contributed by atoms with van der Waals surface area (Å²) >= 11 is 0. The SMILES string of the molecule is CCOc1ccccc1Oc1c(C(F)(F)F)oc2cc(OC(=O)c3ccc4c(c3)C(=O)N(C(C)CC)C4=O)ccc2c1=O. The molecule has 0 saturated carbocycles. The summed E-state index contributed by atoms with van der Waals surface area (Å²) < 4.78 is 63.3. The van der Waals surface area contributed by atoms with Crippen LogP contribution in [-0.4, -0.2) is 35.3 Å². The first-order valence-electron chi connectivity index (χ1n) is 13.3. The van der Waals surface area contributed by atoms with Gasteiger partial charge in [-0.25, -0.2) is 4.79 Å². The van der Waals surface area contributed by atoms with Crippen molar-refractivity contribution in [3.05, 3.63) is 93.3 Å². The Labute approximate surface area is 242 Å². The molecule has 0 radical (unpaired) electrons. The molecule has 1 atom stereocenters. The Morgan fingerprint density at radius 2 is 1.63 bits per heavy atom.